The molecule has 2 aromatic rings. The molecule has 28 heavy (non-hydrogen) atoms. The predicted octanol–water partition coefficient (Wildman–Crippen LogP) is 2.89. The average Bonchev–Trinajstić information content (AvgIpc) is 2.68. The second-order valence-electron chi connectivity index (χ2n) is 6.18. The Morgan fingerprint density at radius 3 is 2.64 bits per heavy atom. The van der Waals surface area contributed by atoms with E-state index in [1.807, 2.05) is 0 Å². The number of ketones is 1. The molecule has 0 N–H and O–H groups in total. The Balaban J connectivity index is 1.56. The van der Waals surface area contributed by atoms with Gasteiger partial charge in [0.05, 0.1) is 12.1 Å². The van der Waals surface area contributed by atoms with E-state index in [0.717, 1.165) is 18.2 Å². The summed E-state index contributed by atoms with van der Waals surface area (Å²) in [5, 5.41) is 0. The summed E-state index contributed by atoms with van der Waals surface area (Å²) in [7, 11) is 0. The van der Waals surface area contributed by atoms with Gasteiger partial charge in [0.15, 0.2) is 30.1 Å². The molecule has 0 aliphatic carbocycles. The lowest BCUT2D eigenvalue weighted by Crippen LogP contribution is -2.45. The number of hydrogen-bond acceptors (Lipinski definition) is 5. The van der Waals surface area contributed by atoms with E-state index in [9.17, 15) is 23.2 Å². The van der Waals surface area contributed by atoms with Gasteiger partial charge >= 0.3 is 5.97 Å². The Bertz CT molecular complexity index is 931. The number of halogens is 2. The van der Waals surface area contributed by atoms with E-state index in [2.05, 4.69) is 0 Å². The number of amides is 1. The fraction of sp³-hybridized carbons (Fsp3) is 0.250. The van der Waals surface area contributed by atoms with Crippen molar-refractivity contribution in [2.75, 3.05) is 18.1 Å². The first-order valence-electron chi connectivity index (χ1n) is 8.57. The van der Waals surface area contributed by atoms with Gasteiger partial charge in [0, 0.05) is 12.1 Å². The molecule has 8 heteroatoms. The summed E-state index contributed by atoms with van der Waals surface area (Å²) in [6.45, 7) is 1.07. The van der Waals surface area contributed by atoms with Gasteiger partial charge in [-0.1, -0.05) is 12.1 Å². The summed E-state index contributed by atoms with van der Waals surface area (Å²) in [5.41, 5.74) is 0.453. The molecule has 0 bridgehead atoms. The zero-order valence-corrected chi connectivity index (χ0v) is 15.0. The van der Waals surface area contributed by atoms with Gasteiger partial charge < -0.3 is 14.4 Å². The number of carbonyl (C=O) groups is 3. The van der Waals surface area contributed by atoms with E-state index in [1.165, 1.54) is 4.90 Å². The lowest BCUT2D eigenvalue weighted by atomic mass is 10.1. The third kappa shape index (κ3) is 4.16. The minimum Gasteiger partial charge on any atom is -0.479 e. The lowest BCUT2D eigenvalue weighted by molar-refractivity contribution is -0.142. The standard InChI is InChI=1S/C20H17F2NO5/c1-12-20(26)23(16-4-2-3-5-18(16)28-12)9-8-19(25)27-11-17(24)13-6-7-14(21)15(22)10-13/h2-7,10,12H,8-9,11H2,1H3. The molecule has 1 heterocycles. The van der Waals surface area contributed by atoms with Crippen LogP contribution >= 0.6 is 0 Å². The van der Waals surface area contributed by atoms with E-state index < -0.39 is 36.1 Å². The van der Waals surface area contributed by atoms with Crippen LogP contribution < -0.4 is 9.64 Å². The smallest absolute Gasteiger partial charge is 0.308 e. The minimum absolute atomic E-state index is 0.0573. The Morgan fingerprint density at radius 1 is 1.14 bits per heavy atom. The molecule has 1 aliphatic heterocycles. The zero-order valence-electron chi connectivity index (χ0n) is 15.0. The van der Waals surface area contributed by atoms with Crippen molar-refractivity contribution in [3.8, 4) is 5.75 Å². The van der Waals surface area contributed by atoms with E-state index in [-0.39, 0.29) is 24.4 Å². The third-order valence-corrected chi connectivity index (χ3v) is 4.22. The van der Waals surface area contributed by atoms with Crippen LogP contribution in [0.25, 0.3) is 0 Å². The Kier molecular flexibility index (Phi) is 5.67. The van der Waals surface area contributed by atoms with Crippen LogP contribution in [0.15, 0.2) is 42.5 Å². The highest BCUT2D eigenvalue weighted by Gasteiger charge is 2.31. The maximum Gasteiger partial charge on any atom is 0.308 e. The second kappa shape index (κ2) is 8.16. The summed E-state index contributed by atoms with van der Waals surface area (Å²) in [6, 6.07) is 9.64. The summed E-state index contributed by atoms with van der Waals surface area (Å²) < 4.78 is 36.5. The molecule has 0 spiro atoms. The number of carbonyl (C=O) groups excluding carboxylic acids is 3. The van der Waals surface area contributed by atoms with Crippen molar-refractivity contribution in [3.05, 3.63) is 59.7 Å². The average molecular weight is 389 g/mol. The topological polar surface area (TPSA) is 72.9 Å². The van der Waals surface area contributed by atoms with Crippen molar-refractivity contribution in [2.24, 2.45) is 0 Å². The van der Waals surface area contributed by atoms with E-state index in [4.69, 9.17) is 9.47 Å². The van der Waals surface area contributed by atoms with Crippen molar-refractivity contribution in [1.29, 1.82) is 0 Å². The molecule has 0 aromatic heterocycles. The van der Waals surface area contributed by atoms with Gasteiger partial charge in [-0.3, -0.25) is 14.4 Å². The molecule has 0 fully saturated rings. The van der Waals surface area contributed by atoms with E-state index >= 15 is 0 Å². The molecule has 0 radical (unpaired) electrons. The number of ether oxygens (including phenoxy) is 2. The van der Waals surface area contributed by atoms with Crippen molar-refractivity contribution >= 4 is 23.3 Å². The number of hydrogen-bond donors (Lipinski definition) is 0. The summed E-state index contributed by atoms with van der Waals surface area (Å²) >= 11 is 0. The first kappa shape index (κ1) is 19.5. The van der Waals surface area contributed by atoms with Gasteiger partial charge in [0.2, 0.25) is 0 Å². The highest BCUT2D eigenvalue weighted by atomic mass is 19.2. The molecule has 2 aromatic carbocycles. The minimum atomic E-state index is -1.16. The van der Waals surface area contributed by atoms with Crippen LogP contribution in [0.4, 0.5) is 14.5 Å². The first-order chi connectivity index (χ1) is 13.4. The SMILES string of the molecule is CC1Oc2ccccc2N(CCC(=O)OCC(=O)c2ccc(F)c(F)c2)C1=O. The molecular weight excluding hydrogens is 372 g/mol. The van der Waals surface area contributed by atoms with Crippen LogP contribution in [0.5, 0.6) is 5.75 Å². The van der Waals surface area contributed by atoms with Gasteiger partial charge in [-0.25, -0.2) is 8.78 Å². The summed E-state index contributed by atoms with van der Waals surface area (Å²) in [6.07, 6.45) is -0.821. The second-order valence-corrected chi connectivity index (χ2v) is 6.18. The number of anilines is 1. The number of nitrogens with zero attached hydrogens (tertiary/aromatic N) is 1. The lowest BCUT2D eigenvalue weighted by Gasteiger charge is -2.32. The Labute approximate surface area is 159 Å². The highest BCUT2D eigenvalue weighted by Crippen LogP contribution is 2.33. The van der Waals surface area contributed by atoms with Gasteiger partial charge in [0.25, 0.3) is 5.91 Å². The predicted molar refractivity (Wildman–Crippen MR) is 95.1 cm³/mol. The molecule has 3 rings (SSSR count). The normalized spacial score (nSPS) is 15.6. The van der Waals surface area contributed by atoms with Crippen molar-refractivity contribution in [2.45, 2.75) is 19.4 Å². The van der Waals surface area contributed by atoms with E-state index in [0.29, 0.717) is 11.4 Å². The highest BCUT2D eigenvalue weighted by molar-refractivity contribution is 6.00. The monoisotopic (exact) mass is 389 g/mol. The van der Waals surface area contributed by atoms with Crippen LogP contribution in [0.2, 0.25) is 0 Å². The quantitative estimate of drug-likeness (QED) is 0.561. The maximum atomic E-state index is 13.2. The van der Waals surface area contributed by atoms with Gasteiger partial charge in [-0.15, -0.1) is 0 Å². The maximum absolute atomic E-state index is 13.2. The molecule has 1 amide bonds. The number of fused-ring (bicyclic) bond motifs is 1. The molecular formula is C20H17F2NO5. The van der Waals surface area contributed by atoms with Crippen molar-refractivity contribution in [1.82, 2.24) is 0 Å². The van der Waals surface area contributed by atoms with E-state index in [1.54, 1.807) is 31.2 Å². The Hall–Kier alpha value is -3.29. The van der Waals surface area contributed by atoms with Crippen LogP contribution in [0, 0.1) is 11.6 Å². The number of Topliss-reactive ketones (excluding diaryl/α,β-unsaturated/α-hetero) is 1. The fourth-order valence-electron chi connectivity index (χ4n) is 2.76. The number of rotatable bonds is 6. The molecule has 146 valence electrons. The number of esters is 1. The molecule has 1 aliphatic rings. The summed E-state index contributed by atoms with van der Waals surface area (Å²) in [5.74, 6) is -3.33. The van der Waals surface area contributed by atoms with Gasteiger partial charge in [-0.2, -0.15) is 0 Å². The fourth-order valence-corrected chi connectivity index (χ4v) is 2.76. The first-order valence-corrected chi connectivity index (χ1v) is 8.57. The third-order valence-electron chi connectivity index (χ3n) is 4.22. The largest absolute Gasteiger partial charge is 0.479 e. The van der Waals surface area contributed by atoms with Gasteiger partial charge in [-0.05, 0) is 37.3 Å². The van der Waals surface area contributed by atoms with Crippen molar-refractivity contribution < 1.29 is 32.6 Å². The Morgan fingerprint density at radius 2 is 1.89 bits per heavy atom. The molecule has 1 unspecified atom stereocenters. The number of benzene rings is 2. The molecule has 6 nitrogen and oxygen atoms in total. The molecule has 1 atom stereocenters. The van der Waals surface area contributed by atoms with Crippen LogP contribution in [-0.2, 0) is 14.3 Å². The van der Waals surface area contributed by atoms with Crippen LogP contribution in [-0.4, -0.2) is 36.9 Å². The van der Waals surface area contributed by atoms with Crippen LogP contribution in [0.3, 0.4) is 0 Å². The molecule has 0 saturated carbocycles. The van der Waals surface area contributed by atoms with Crippen molar-refractivity contribution in [3.63, 3.8) is 0 Å². The zero-order chi connectivity index (χ0) is 20.3. The number of para-hydroxylation sites is 2. The summed E-state index contributed by atoms with van der Waals surface area (Å²) in [4.78, 5) is 37.7. The molecule has 0 saturated heterocycles. The van der Waals surface area contributed by atoms with Gasteiger partial charge in [0.1, 0.15) is 5.75 Å². The van der Waals surface area contributed by atoms with Crippen LogP contribution in [0.1, 0.15) is 23.7 Å².